The number of benzene rings is 1. The molecule has 0 aromatic heterocycles. The highest BCUT2D eigenvalue weighted by atomic mass is 19.4. The summed E-state index contributed by atoms with van der Waals surface area (Å²) in [6.45, 7) is 0.198. The summed E-state index contributed by atoms with van der Waals surface area (Å²) in [7, 11) is 0. The quantitative estimate of drug-likeness (QED) is 0.682. The number of carbonyl (C=O) groups excluding carboxylic acids is 1. The number of nitrogens with one attached hydrogen (secondary N) is 2. The topological polar surface area (TPSA) is 70.6 Å². The summed E-state index contributed by atoms with van der Waals surface area (Å²) in [5.74, 6) is -0.721. The molecular weight excluding hydrogens is 265 g/mol. The first-order valence-electron chi connectivity index (χ1n) is 5.38. The molecule has 0 radical (unpaired) electrons. The maximum atomic E-state index is 11.9. The van der Waals surface area contributed by atoms with Gasteiger partial charge in [0.2, 0.25) is 5.91 Å². The summed E-state index contributed by atoms with van der Waals surface area (Å²) in [5, 5.41) is 13.6. The third-order valence-electron chi connectivity index (χ3n) is 1.95. The standard InChI is InChI=1S/C11H13F3N2O3/c12-11(13,14)19-9-3-1-8(2-4-9)16-10(18)7-15-5-6-17/h1-4,15,17H,5-7H2,(H,16,18). The molecule has 8 heteroatoms. The minimum absolute atomic E-state index is 0.00135. The summed E-state index contributed by atoms with van der Waals surface area (Å²) >= 11 is 0. The average Bonchev–Trinajstić information content (AvgIpc) is 2.30. The first kappa shape index (κ1) is 15.3. The van der Waals surface area contributed by atoms with Gasteiger partial charge in [-0.05, 0) is 24.3 Å². The van der Waals surface area contributed by atoms with E-state index < -0.39 is 6.36 Å². The molecule has 0 aliphatic rings. The number of hydrogen-bond acceptors (Lipinski definition) is 4. The summed E-state index contributed by atoms with van der Waals surface area (Å²) in [4.78, 5) is 11.3. The van der Waals surface area contributed by atoms with Gasteiger partial charge in [-0.3, -0.25) is 4.79 Å². The van der Waals surface area contributed by atoms with E-state index in [1.807, 2.05) is 0 Å². The lowest BCUT2D eigenvalue weighted by Crippen LogP contribution is -2.29. The Morgan fingerprint density at radius 2 is 1.89 bits per heavy atom. The number of amides is 1. The lowest BCUT2D eigenvalue weighted by molar-refractivity contribution is -0.274. The second-order valence-corrected chi connectivity index (χ2v) is 3.52. The van der Waals surface area contributed by atoms with Crippen molar-refractivity contribution in [1.82, 2.24) is 5.32 Å². The van der Waals surface area contributed by atoms with E-state index in [2.05, 4.69) is 15.4 Å². The Kier molecular flexibility index (Phi) is 5.58. The molecule has 0 aliphatic carbocycles. The SMILES string of the molecule is O=C(CNCCO)Nc1ccc(OC(F)(F)F)cc1. The Hall–Kier alpha value is -1.80. The highest BCUT2D eigenvalue weighted by molar-refractivity contribution is 5.92. The van der Waals surface area contributed by atoms with E-state index in [4.69, 9.17) is 5.11 Å². The minimum atomic E-state index is -4.74. The molecule has 1 rings (SSSR count). The number of hydrogen-bond donors (Lipinski definition) is 3. The van der Waals surface area contributed by atoms with Gasteiger partial charge in [0.15, 0.2) is 0 Å². The summed E-state index contributed by atoms with van der Waals surface area (Å²) in [6, 6.07) is 4.80. The monoisotopic (exact) mass is 278 g/mol. The van der Waals surface area contributed by atoms with Crippen LogP contribution in [-0.2, 0) is 4.79 Å². The van der Waals surface area contributed by atoms with Crippen LogP contribution < -0.4 is 15.4 Å². The van der Waals surface area contributed by atoms with E-state index >= 15 is 0 Å². The molecule has 0 atom stereocenters. The first-order chi connectivity index (χ1) is 8.90. The first-order valence-corrected chi connectivity index (χ1v) is 5.38. The molecule has 0 bridgehead atoms. The Morgan fingerprint density at radius 1 is 1.26 bits per heavy atom. The third kappa shape index (κ3) is 6.63. The molecule has 19 heavy (non-hydrogen) atoms. The van der Waals surface area contributed by atoms with Crippen LogP contribution in [0.5, 0.6) is 5.75 Å². The van der Waals surface area contributed by atoms with Crippen molar-refractivity contribution in [2.45, 2.75) is 6.36 Å². The fourth-order valence-corrected chi connectivity index (χ4v) is 1.23. The van der Waals surface area contributed by atoms with Crippen LogP contribution in [0.2, 0.25) is 0 Å². The molecule has 106 valence electrons. The number of aliphatic hydroxyl groups is 1. The van der Waals surface area contributed by atoms with Crippen LogP contribution in [0.1, 0.15) is 0 Å². The Bertz CT molecular complexity index is 407. The zero-order valence-corrected chi connectivity index (χ0v) is 9.83. The fraction of sp³-hybridized carbons (Fsp3) is 0.364. The molecule has 0 fully saturated rings. The van der Waals surface area contributed by atoms with Crippen molar-refractivity contribution in [3.05, 3.63) is 24.3 Å². The number of ether oxygens (including phenoxy) is 1. The fourth-order valence-electron chi connectivity index (χ4n) is 1.23. The lowest BCUT2D eigenvalue weighted by atomic mass is 10.3. The molecule has 0 heterocycles. The minimum Gasteiger partial charge on any atom is -0.406 e. The molecule has 5 nitrogen and oxygen atoms in total. The molecule has 0 saturated heterocycles. The third-order valence-corrected chi connectivity index (χ3v) is 1.95. The van der Waals surface area contributed by atoms with Crippen LogP contribution in [0.15, 0.2) is 24.3 Å². The second-order valence-electron chi connectivity index (χ2n) is 3.52. The van der Waals surface area contributed by atoms with Crippen molar-refractivity contribution >= 4 is 11.6 Å². The van der Waals surface area contributed by atoms with Crippen molar-refractivity contribution in [3.8, 4) is 5.75 Å². The number of carbonyl (C=O) groups is 1. The van der Waals surface area contributed by atoms with Gasteiger partial charge in [-0.15, -0.1) is 13.2 Å². The maximum absolute atomic E-state index is 11.9. The van der Waals surface area contributed by atoms with Gasteiger partial charge in [-0.2, -0.15) is 0 Å². The molecule has 1 aromatic carbocycles. The smallest absolute Gasteiger partial charge is 0.406 e. The van der Waals surface area contributed by atoms with E-state index in [-0.39, 0.29) is 31.4 Å². The van der Waals surface area contributed by atoms with Crippen LogP contribution in [-0.4, -0.2) is 37.1 Å². The molecule has 3 N–H and O–H groups in total. The molecule has 1 aromatic rings. The maximum Gasteiger partial charge on any atom is 0.573 e. The second kappa shape index (κ2) is 6.95. The van der Waals surface area contributed by atoms with Gasteiger partial charge in [0.05, 0.1) is 13.2 Å². The lowest BCUT2D eigenvalue weighted by Gasteiger charge is -2.10. The van der Waals surface area contributed by atoms with Crippen LogP contribution in [0.4, 0.5) is 18.9 Å². The molecular formula is C11H13F3N2O3. The van der Waals surface area contributed by atoms with Gasteiger partial charge in [0.1, 0.15) is 5.75 Å². The van der Waals surface area contributed by atoms with Crippen molar-refractivity contribution in [2.24, 2.45) is 0 Å². The van der Waals surface area contributed by atoms with Crippen molar-refractivity contribution in [3.63, 3.8) is 0 Å². The van der Waals surface area contributed by atoms with Crippen LogP contribution in [0.3, 0.4) is 0 Å². The van der Waals surface area contributed by atoms with Gasteiger partial charge in [-0.1, -0.05) is 0 Å². The molecule has 0 saturated carbocycles. The number of alkyl halides is 3. The van der Waals surface area contributed by atoms with Gasteiger partial charge in [0.25, 0.3) is 0 Å². The van der Waals surface area contributed by atoms with Crippen LogP contribution in [0, 0.1) is 0 Å². The van der Waals surface area contributed by atoms with Gasteiger partial charge in [-0.25, -0.2) is 0 Å². The summed E-state index contributed by atoms with van der Waals surface area (Å²) < 4.78 is 39.4. The highest BCUT2D eigenvalue weighted by Gasteiger charge is 2.30. The summed E-state index contributed by atoms with van der Waals surface area (Å²) in [6.07, 6.45) is -4.74. The zero-order chi connectivity index (χ0) is 14.3. The number of aliphatic hydroxyl groups excluding tert-OH is 1. The average molecular weight is 278 g/mol. The molecule has 1 amide bonds. The van der Waals surface area contributed by atoms with Crippen molar-refractivity contribution in [2.75, 3.05) is 25.0 Å². The van der Waals surface area contributed by atoms with Gasteiger partial charge < -0.3 is 20.5 Å². The van der Waals surface area contributed by atoms with Crippen molar-refractivity contribution < 1.29 is 27.8 Å². The van der Waals surface area contributed by atoms with Crippen LogP contribution in [0.25, 0.3) is 0 Å². The highest BCUT2D eigenvalue weighted by Crippen LogP contribution is 2.23. The number of rotatable bonds is 6. The van der Waals surface area contributed by atoms with E-state index in [1.165, 1.54) is 12.1 Å². The van der Waals surface area contributed by atoms with E-state index in [9.17, 15) is 18.0 Å². The van der Waals surface area contributed by atoms with Gasteiger partial charge in [0, 0.05) is 12.2 Å². The van der Waals surface area contributed by atoms with E-state index in [1.54, 1.807) is 0 Å². The Labute approximate surface area is 107 Å². The van der Waals surface area contributed by atoms with Crippen LogP contribution >= 0.6 is 0 Å². The van der Waals surface area contributed by atoms with Gasteiger partial charge >= 0.3 is 6.36 Å². The number of halogens is 3. The molecule has 0 aliphatic heterocycles. The number of anilines is 1. The molecule has 0 unspecified atom stereocenters. The van der Waals surface area contributed by atoms with E-state index in [0.29, 0.717) is 5.69 Å². The normalized spacial score (nSPS) is 11.2. The molecule has 0 spiro atoms. The Balaban J connectivity index is 2.46. The van der Waals surface area contributed by atoms with Crippen molar-refractivity contribution in [1.29, 1.82) is 0 Å². The predicted octanol–water partition coefficient (Wildman–Crippen LogP) is 1.11. The zero-order valence-electron chi connectivity index (χ0n) is 9.83. The largest absolute Gasteiger partial charge is 0.573 e. The Morgan fingerprint density at radius 3 is 2.42 bits per heavy atom. The predicted molar refractivity (Wildman–Crippen MR) is 61.7 cm³/mol. The van der Waals surface area contributed by atoms with E-state index in [0.717, 1.165) is 12.1 Å². The summed E-state index contributed by atoms with van der Waals surface area (Å²) in [5.41, 5.74) is 0.352.